The van der Waals surface area contributed by atoms with Crippen LogP contribution in [0, 0.1) is 0 Å². The molecule has 0 aliphatic rings. The van der Waals surface area contributed by atoms with Gasteiger partial charge in [-0.1, -0.05) is 62.6 Å². The third-order valence-electron chi connectivity index (χ3n) is 3.47. The Labute approximate surface area is 134 Å². The van der Waals surface area contributed by atoms with E-state index in [0.29, 0.717) is 12.2 Å². The summed E-state index contributed by atoms with van der Waals surface area (Å²) >= 11 is 0. The number of unbranched alkanes of at least 4 members (excludes halogenated alkanes) is 3. The lowest BCUT2D eigenvalue weighted by Gasteiger charge is -2.06. The van der Waals surface area contributed by atoms with Crippen LogP contribution >= 0.6 is 0 Å². The lowest BCUT2D eigenvalue weighted by Crippen LogP contribution is -2.05. The molecule has 0 bridgehead atoms. The molecule has 0 aliphatic heterocycles. The highest BCUT2D eigenvalue weighted by Crippen LogP contribution is 2.17. The SMILES string of the molecule is CCCCCCC(=Cc1ccccc1)/C=C(\C)C(=O)OCC. The molecule has 0 atom stereocenters. The van der Waals surface area contributed by atoms with Crippen LogP contribution in [0.4, 0.5) is 0 Å². The Bertz CT molecular complexity index is 498. The van der Waals surface area contributed by atoms with Crippen LogP contribution < -0.4 is 0 Å². The average Bonchev–Trinajstić information content (AvgIpc) is 2.52. The molecule has 120 valence electrons. The van der Waals surface area contributed by atoms with Gasteiger partial charge in [0.25, 0.3) is 0 Å². The van der Waals surface area contributed by atoms with E-state index in [1.807, 2.05) is 38.1 Å². The predicted molar refractivity (Wildman–Crippen MR) is 93.6 cm³/mol. The monoisotopic (exact) mass is 300 g/mol. The molecule has 0 unspecified atom stereocenters. The first-order chi connectivity index (χ1) is 10.7. The number of benzene rings is 1. The van der Waals surface area contributed by atoms with Crippen molar-refractivity contribution in [2.24, 2.45) is 0 Å². The molecule has 0 N–H and O–H groups in total. The zero-order valence-electron chi connectivity index (χ0n) is 14.1. The van der Waals surface area contributed by atoms with Gasteiger partial charge in [-0.2, -0.15) is 0 Å². The largest absolute Gasteiger partial charge is 0.463 e. The van der Waals surface area contributed by atoms with E-state index in [4.69, 9.17) is 4.74 Å². The van der Waals surface area contributed by atoms with Crippen molar-refractivity contribution in [3.05, 3.63) is 53.1 Å². The normalized spacial score (nSPS) is 12.3. The summed E-state index contributed by atoms with van der Waals surface area (Å²) < 4.78 is 5.06. The van der Waals surface area contributed by atoms with Gasteiger partial charge >= 0.3 is 5.97 Å². The van der Waals surface area contributed by atoms with Crippen LogP contribution in [-0.2, 0) is 9.53 Å². The van der Waals surface area contributed by atoms with Crippen molar-refractivity contribution in [2.45, 2.75) is 52.9 Å². The Kier molecular flexibility index (Phi) is 8.97. The molecular weight excluding hydrogens is 272 g/mol. The van der Waals surface area contributed by atoms with E-state index in [2.05, 4.69) is 25.1 Å². The summed E-state index contributed by atoms with van der Waals surface area (Å²) in [4.78, 5) is 11.8. The van der Waals surface area contributed by atoms with Crippen molar-refractivity contribution in [3.63, 3.8) is 0 Å². The summed E-state index contributed by atoms with van der Waals surface area (Å²) in [5.41, 5.74) is 3.02. The molecule has 1 rings (SSSR count). The first-order valence-electron chi connectivity index (χ1n) is 8.28. The number of hydrogen-bond donors (Lipinski definition) is 0. The fourth-order valence-electron chi connectivity index (χ4n) is 2.29. The zero-order chi connectivity index (χ0) is 16.2. The maximum absolute atomic E-state index is 11.8. The molecule has 0 fully saturated rings. The third kappa shape index (κ3) is 7.26. The molecule has 0 radical (unpaired) electrons. The Hall–Kier alpha value is -1.83. The molecule has 0 aromatic heterocycles. The van der Waals surface area contributed by atoms with Gasteiger partial charge < -0.3 is 4.74 Å². The highest BCUT2D eigenvalue weighted by Gasteiger charge is 2.06. The first kappa shape index (κ1) is 18.2. The molecular formula is C20H28O2. The van der Waals surface area contributed by atoms with Gasteiger partial charge in [0.1, 0.15) is 0 Å². The summed E-state index contributed by atoms with van der Waals surface area (Å²) in [5, 5.41) is 0. The summed E-state index contributed by atoms with van der Waals surface area (Å²) in [6.07, 6.45) is 10.00. The standard InChI is InChI=1S/C20H28O2/c1-4-6-7-9-14-19(15-17(3)20(21)22-5-2)16-18-12-10-8-11-13-18/h8,10-13,15-16H,4-7,9,14H2,1-3H3/b17-15+,19-16?. The van der Waals surface area contributed by atoms with Gasteiger partial charge in [-0.15, -0.1) is 0 Å². The van der Waals surface area contributed by atoms with E-state index in [0.717, 1.165) is 12.8 Å². The van der Waals surface area contributed by atoms with E-state index in [1.54, 1.807) is 0 Å². The van der Waals surface area contributed by atoms with Crippen LogP contribution in [0.15, 0.2) is 47.6 Å². The molecule has 2 nitrogen and oxygen atoms in total. The molecule has 0 saturated carbocycles. The van der Waals surface area contributed by atoms with Crippen molar-refractivity contribution >= 4 is 12.0 Å². The van der Waals surface area contributed by atoms with Crippen LogP contribution in [0.3, 0.4) is 0 Å². The Morgan fingerprint density at radius 3 is 2.45 bits per heavy atom. The number of allylic oxidation sites excluding steroid dienone is 2. The lowest BCUT2D eigenvalue weighted by atomic mass is 10.0. The van der Waals surface area contributed by atoms with Gasteiger partial charge in [-0.05, 0) is 43.9 Å². The zero-order valence-corrected chi connectivity index (χ0v) is 14.1. The van der Waals surface area contributed by atoms with Crippen molar-refractivity contribution < 1.29 is 9.53 Å². The number of esters is 1. The number of hydrogen-bond acceptors (Lipinski definition) is 2. The Morgan fingerprint density at radius 2 is 1.82 bits per heavy atom. The maximum Gasteiger partial charge on any atom is 0.333 e. The second-order valence-electron chi connectivity index (χ2n) is 5.49. The summed E-state index contributed by atoms with van der Waals surface area (Å²) in [5.74, 6) is -0.227. The average molecular weight is 300 g/mol. The minimum Gasteiger partial charge on any atom is -0.463 e. The molecule has 0 amide bonds. The molecule has 2 heteroatoms. The summed E-state index contributed by atoms with van der Waals surface area (Å²) in [6.45, 7) is 6.28. The molecule has 22 heavy (non-hydrogen) atoms. The van der Waals surface area contributed by atoms with Gasteiger partial charge in [0.2, 0.25) is 0 Å². The minimum absolute atomic E-state index is 0.227. The van der Waals surface area contributed by atoms with Crippen molar-refractivity contribution in [3.8, 4) is 0 Å². The fraction of sp³-hybridized carbons (Fsp3) is 0.450. The fourth-order valence-corrected chi connectivity index (χ4v) is 2.29. The van der Waals surface area contributed by atoms with Crippen molar-refractivity contribution in [2.75, 3.05) is 6.61 Å². The van der Waals surface area contributed by atoms with E-state index < -0.39 is 0 Å². The van der Waals surface area contributed by atoms with Gasteiger partial charge in [0.05, 0.1) is 6.61 Å². The predicted octanol–water partition coefficient (Wildman–Crippen LogP) is 5.55. The molecule has 0 aliphatic carbocycles. The molecule has 0 spiro atoms. The van der Waals surface area contributed by atoms with Crippen LogP contribution in [-0.4, -0.2) is 12.6 Å². The topological polar surface area (TPSA) is 26.3 Å². The second-order valence-corrected chi connectivity index (χ2v) is 5.49. The van der Waals surface area contributed by atoms with Crippen LogP contribution in [0.25, 0.3) is 6.08 Å². The summed E-state index contributed by atoms with van der Waals surface area (Å²) in [7, 11) is 0. The molecule has 1 aromatic rings. The lowest BCUT2D eigenvalue weighted by molar-refractivity contribution is -0.138. The van der Waals surface area contributed by atoms with Gasteiger partial charge in [0, 0.05) is 5.57 Å². The van der Waals surface area contributed by atoms with E-state index in [1.165, 1.54) is 30.4 Å². The number of rotatable bonds is 9. The third-order valence-corrected chi connectivity index (χ3v) is 3.47. The van der Waals surface area contributed by atoms with Gasteiger partial charge in [0.15, 0.2) is 0 Å². The van der Waals surface area contributed by atoms with Gasteiger partial charge in [-0.3, -0.25) is 0 Å². The Morgan fingerprint density at radius 1 is 1.09 bits per heavy atom. The molecule has 0 heterocycles. The Balaban J connectivity index is 2.84. The second kappa shape index (κ2) is 10.8. The number of carbonyl (C=O) groups excluding carboxylic acids is 1. The van der Waals surface area contributed by atoms with Crippen LogP contribution in [0.2, 0.25) is 0 Å². The molecule has 1 aromatic carbocycles. The maximum atomic E-state index is 11.8. The quantitative estimate of drug-likeness (QED) is 0.259. The number of carbonyl (C=O) groups is 1. The number of ether oxygens (including phenoxy) is 1. The van der Waals surface area contributed by atoms with Crippen LogP contribution in [0.5, 0.6) is 0 Å². The highest BCUT2D eigenvalue weighted by atomic mass is 16.5. The molecule has 0 saturated heterocycles. The minimum atomic E-state index is -0.227. The highest BCUT2D eigenvalue weighted by molar-refractivity contribution is 5.88. The smallest absolute Gasteiger partial charge is 0.333 e. The van der Waals surface area contributed by atoms with Crippen molar-refractivity contribution in [1.82, 2.24) is 0 Å². The van der Waals surface area contributed by atoms with Crippen molar-refractivity contribution in [1.29, 1.82) is 0 Å². The van der Waals surface area contributed by atoms with E-state index in [9.17, 15) is 4.79 Å². The van der Waals surface area contributed by atoms with Gasteiger partial charge in [-0.25, -0.2) is 4.79 Å². The first-order valence-corrected chi connectivity index (χ1v) is 8.28. The van der Waals surface area contributed by atoms with E-state index in [-0.39, 0.29) is 5.97 Å². The van der Waals surface area contributed by atoms with Crippen LogP contribution in [0.1, 0.15) is 58.4 Å². The van der Waals surface area contributed by atoms with E-state index >= 15 is 0 Å². The summed E-state index contributed by atoms with van der Waals surface area (Å²) in [6, 6.07) is 10.2.